The number of methoxy groups -OCH3 is 1. The van der Waals surface area contributed by atoms with Crippen LogP contribution in [0.4, 0.5) is 0 Å². The SMILES string of the molecule is COC1=CC(c2ccc[nH]2)=NC1=C1c2[nH]c3cc2C(C(C)C)C1CCCCCCCC3. The molecule has 2 aliphatic carbocycles. The highest BCUT2D eigenvalue weighted by Crippen LogP contribution is 2.54. The van der Waals surface area contributed by atoms with E-state index >= 15 is 0 Å². The number of rotatable bonds is 3. The van der Waals surface area contributed by atoms with Gasteiger partial charge in [-0.2, -0.15) is 0 Å². The highest BCUT2D eigenvalue weighted by atomic mass is 16.5. The van der Waals surface area contributed by atoms with E-state index in [1.54, 1.807) is 7.11 Å². The predicted octanol–water partition coefficient (Wildman–Crippen LogP) is 6.74. The van der Waals surface area contributed by atoms with Gasteiger partial charge in [0.25, 0.3) is 0 Å². The van der Waals surface area contributed by atoms with E-state index in [0.717, 1.165) is 29.3 Å². The molecular formula is C27H35N3O. The molecule has 164 valence electrons. The van der Waals surface area contributed by atoms with Crippen LogP contribution in [0.15, 0.2) is 46.9 Å². The Morgan fingerprint density at radius 1 is 1.10 bits per heavy atom. The van der Waals surface area contributed by atoms with Crippen molar-refractivity contribution in [1.29, 1.82) is 0 Å². The Balaban J connectivity index is 1.67. The van der Waals surface area contributed by atoms with Crippen LogP contribution in [0.3, 0.4) is 0 Å². The maximum Gasteiger partial charge on any atom is 0.147 e. The van der Waals surface area contributed by atoms with Crippen LogP contribution in [-0.4, -0.2) is 22.8 Å². The first-order chi connectivity index (χ1) is 15.2. The normalized spacial score (nSPS) is 26.5. The minimum atomic E-state index is 0.497. The maximum atomic E-state index is 5.87. The van der Waals surface area contributed by atoms with Crippen LogP contribution in [0.2, 0.25) is 0 Å². The third-order valence-electron chi connectivity index (χ3n) is 7.35. The van der Waals surface area contributed by atoms with Gasteiger partial charge in [-0.05, 0) is 60.8 Å². The topological polar surface area (TPSA) is 53.2 Å². The van der Waals surface area contributed by atoms with Crippen LogP contribution in [0.25, 0.3) is 5.57 Å². The molecule has 0 fully saturated rings. The first kappa shape index (κ1) is 20.4. The second kappa shape index (κ2) is 8.57. The lowest BCUT2D eigenvalue weighted by Gasteiger charge is -2.26. The number of aromatic nitrogens is 2. The largest absolute Gasteiger partial charge is 0.494 e. The zero-order chi connectivity index (χ0) is 21.4. The Hall–Kier alpha value is -2.49. The van der Waals surface area contributed by atoms with Crippen molar-refractivity contribution in [3.8, 4) is 0 Å². The Kier molecular flexibility index (Phi) is 5.64. The van der Waals surface area contributed by atoms with Gasteiger partial charge < -0.3 is 14.7 Å². The number of nitrogens with one attached hydrogen (secondary N) is 2. The minimum absolute atomic E-state index is 0.497. The molecule has 4 aliphatic rings. The number of hydrogen-bond donors (Lipinski definition) is 2. The molecule has 4 bridgehead atoms. The average molecular weight is 418 g/mol. The molecule has 0 spiro atoms. The molecule has 0 aromatic carbocycles. The minimum Gasteiger partial charge on any atom is -0.494 e. The molecule has 0 radical (unpaired) electrons. The van der Waals surface area contributed by atoms with E-state index in [1.807, 2.05) is 12.3 Å². The van der Waals surface area contributed by atoms with Gasteiger partial charge in [0.2, 0.25) is 0 Å². The van der Waals surface area contributed by atoms with Crippen molar-refractivity contribution < 1.29 is 4.74 Å². The molecule has 2 aromatic heterocycles. The fourth-order valence-electron chi connectivity index (χ4n) is 5.94. The zero-order valence-corrected chi connectivity index (χ0v) is 19.1. The fourth-order valence-corrected chi connectivity index (χ4v) is 5.94. The standard InChI is InChI=1S/C27H35N3O/c1-17(2)24-19-12-9-7-5-4-6-8-11-18-15-20(24)26(29-18)25(19)27-23(31-3)16-22(30-27)21-13-10-14-28-21/h10,13-17,19,24,28-29H,4-9,11-12H2,1-3H3. The molecule has 2 N–H and O–H groups in total. The van der Waals surface area contributed by atoms with E-state index < -0.39 is 0 Å². The summed E-state index contributed by atoms with van der Waals surface area (Å²) in [5.74, 6) is 2.53. The molecule has 0 saturated carbocycles. The number of hydrogen-bond acceptors (Lipinski definition) is 2. The molecule has 6 rings (SSSR count). The molecule has 2 aliphatic heterocycles. The summed E-state index contributed by atoms with van der Waals surface area (Å²) in [5, 5.41) is 0. The van der Waals surface area contributed by atoms with Crippen LogP contribution >= 0.6 is 0 Å². The van der Waals surface area contributed by atoms with E-state index in [4.69, 9.17) is 9.73 Å². The summed E-state index contributed by atoms with van der Waals surface area (Å²) in [4.78, 5) is 12.3. The zero-order valence-electron chi connectivity index (χ0n) is 19.1. The van der Waals surface area contributed by atoms with Gasteiger partial charge in [-0.15, -0.1) is 0 Å². The lowest BCUT2D eigenvalue weighted by molar-refractivity contribution is 0.301. The number of aryl methyl sites for hydroxylation is 1. The van der Waals surface area contributed by atoms with E-state index in [0.29, 0.717) is 17.8 Å². The van der Waals surface area contributed by atoms with Crippen molar-refractivity contribution in [2.24, 2.45) is 16.8 Å². The third-order valence-corrected chi connectivity index (χ3v) is 7.35. The van der Waals surface area contributed by atoms with Crippen molar-refractivity contribution in [1.82, 2.24) is 9.97 Å². The predicted molar refractivity (Wildman–Crippen MR) is 127 cm³/mol. The van der Waals surface area contributed by atoms with Gasteiger partial charge in [0.1, 0.15) is 11.5 Å². The number of fused-ring (bicyclic) bond motifs is 7. The molecule has 4 heteroatoms. The Bertz CT molecular complexity index is 1020. The van der Waals surface area contributed by atoms with Crippen molar-refractivity contribution in [2.75, 3.05) is 7.11 Å². The quantitative estimate of drug-likeness (QED) is 0.570. The van der Waals surface area contributed by atoms with Gasteiger partial charge in [0, 0.05) is 29.2 Å². The summed E-state index contributed by atoms with van der Waals surface area (Å²) in [6.45, 7) is 4.77. The number of H-pyrrole nitrogens is 2. The van der Waals surface area contributed by atoms with Gasteiger partial charge in [0.15, 0.2) is 0 Å². The summed E-state index contributed by atoms with van der Waals surface area (Å²) >= 11 is 0. The summed E-state index contributed by atoms with van der Waals surface area (Å²) in [6.07, 6.45) is 14.4. The highest BCUT2D eigenvalue weighted by molar-refractivity contribution is 6.11. The van der Waals surface area contributed by atoms with Gasteiger partial charge in [0.05, 0.1) is 18.5 Å². The maximum absolute atomic E-state index is 5.87. The third kappa shape index (κ3) is 3.71. The monoisotopic (exact) mass is 417 g/mol. The molecule has 2 atom stereocenters. The van der Waals surface area contributed by atoms with Gasteiger partial charge >= 0.3 is 0 Å². The lowest BCUT2D eigenvalue weighted by Crippen LogP contribution is -2.15. The Morgan fingerprint density at radius 3 is 2.65 bits per heavy atom. The molecule has 31 heavy (non-hydrogen) atoms. The summed E-state index contributed by atoms with van der Waals surface area (Å²) in [5.41, 5.74) is 8.64. The van der Waals surface area contributed by atoms with Crippen LogP contribution in [0.5, 0.6) is 0 Å². The number of aliphatic imine (C=N–C) groups is 1. The van der Waals surface area contributed by atoms with E-state index in [2.05, 4.69) is 42.0 Å². The smallest absolute Gasteiger partial charge is 0.147 e. The van der Waals surface area contributed by atoms with Gasteiger partial charge in [-0.3, -0.25) is 0 Å². The first-order valence-electron chi connectivity index (χ1n) is 12.1. The number of ether oxygens (including phenoxy) is 1. The van der Waals surface area contributed by atoms with Crippen LogP contribution < -0.4 is 0 Å². The summed E-state index contributed by atoms with van der Waals surface area (Å²) in [6, 6.07) is 6.57. The first-order valence-corrected chi connectivity index (χ1v) is 12.1. The average Bonchev–Trinajstić information content (AvgIpc) is 3.52. The Labute approximate surface area is 185 Å². The van der Waals surface area contributed by atoms with Crippen molar-refractivity contribution in [3.05, 3.63) is 64.6 Å². The second-order valence-corrected chi connectivity index (χ2v) is 9.72. The summed E-state index contributed by atoms with van der Waals surface area (Å²) in [7, 11) is 1.77. The number of nitrogens with zero attached hydrogens (tertiary/aromatic N) is 1. The number of aromatic amines is 2. The van der Waals surface area contributed by atoms with E-state index in [-0.39, 0.29) is 0 Å². The molecule has 2 aromatic rings. The summed E-state index contributed by atoms with van der Waals surface area (Å²) < 4.78 is 5.87. The van der Waals surface area contributed by atoms with Crippen molar-refractivity contribution in [3.63, 3.8) is 0 Å². The van der Waals surface area contributed by atoms with Gasteiger partial charge in [-0.1, -0.05) is 46.0 Å². The van der Waals surface area contributed by atoms with E-state index in [1.165, 1.54) is 67.5 Å². The second-order valence-electron chi connectivity index (χ2n) is 9.72. The van der Waals surface area contributed by atoms with Crippen LogP contribution in [0.1, 0.15) is 87.4 Å². The van der Waals surface area contributed by atoms with Gasteiger partial charge in [-0.25, -0.2) is 4.99 Å². The van der Waals surface area contributed by atoms with Crippen LogP contribution in [0, 0.1) is 11.8 Å². The molecule has 0 saturated heterocycles. The Morgan fingerprint density at radius 2 is 1.90 bits per heavy atom. The van der Waals surface area contributed by atoms with Crippen molar-refractivity contribution >= 4 is 11.3 Å². The molecular weight excluding hydrogens is 382 g/mol. The molecule has 4 heterocycles. The van der Waals surface area contributed by atoms with Crippen LogP contribution in [-0.2, 0) is 11.2 Å². The number of allylic oxidation sites excluding steroid dienone is 2. The van der Waals surface area contributed by atoms with Crippen molar-refractivity contribution in [2.45, 2.75) is 71.1 Å². The fraction of sp³-hybridized carbons (Fsp3) is 0.519. The lowest BCUT2D eigenvalue weighted by atomic mass is 9.78. The van der Waals surface area contributed by atoms with E-state index in [9.17, 15) is 0 Å². The molecule has 2 unspecified atom stereocenters. The highest BCUT2D eigenvalue weighted by Gasteiger charge is 2.42. The molecule has 0 amide bonds. The molecule has 4 nitrogen and oxygen atoms in total.